The van der Waals surface area contributed by atoms with Crippen LogP contribution in [0.15, 0.2) is 12.4 Å². The van der Waals surface area contributed by atoms with Crippen molar-refractivity contribution >= 4 is 16.8 Å². The van der Waals surface area contributed by atoms with E-state index in [2.05, 4.69) is 15.2 Å². The number of aromatic nitrogens is 3. The van der Waals surface area contributed by atoms with Gasteiger partial charge in [-0.3, -0.25) is 9.89 Å². The lowest BCUT2D eigenvalue weighted by Crippen LogP contribution is -2.19. The molecule has 1 aliphatic rings. The van der Waals surface area contributed by atoms with Crippen LogP contribution in [0.2, 0.25) is 0 Å². The van der Waals surface area contributed by atoms with Crippen LogP contribution in [0.1, 0.15) is 49.4 Å². The number of H-pyrrole nitrogens is 1. The topological polar surface area (TPSA) is 67.9 Å². The van der Waals surface area contributed by atoms with E-state index >= 15 is 0 Å². The normalized spacial score (nSPS) is 16.4. The van der Waals surface area contributed by atoms with E-state index in [1.807, 2.05) is 6.92 Å². The maximum absolute atomic E-state index is 12.7. The van der Waals surface area contributed by atoms with Crippen molar-refractivity contribution in [1.82, 2.24) is 15.2 Å². The Hall–Kier alpha value is -1.91. The van der Waals surface area contributed by atoms with Crippen molar-refractivity contribution in [3.8, 4) is 5.75 Å². The van der Waals surface area contributed by atoms with Gasteiger partial charge < -0.3 is 4.74 Å². The fourth-order valence-electron chi connectivity index (χ4n) is 2.94. The van der Waals surface area contributed by atoms with Crippen LogP contribution in [0.4, 0.5) is 0 Å². The average molecular weight is 273 g/mol. The van der Waals surface area contributed by atoms with Crippen LogP contribution in [-0.4, -0.2) is 27.6 Å². The van der Waals surface area contributed by atoms with Crippen LogP contribution in [-0.2, 0) is 0 Å². The molecule has 2 aromatic heterocycles. The quantitative estimate of drug-likeness (QED) is 0.869. The number of hydrogen-bond donors (Lipinski definition) is 1. The van der Waals surface area contributed by atoms with E-state index < -0.39 is 0 Å². The molecule has 0 unspecified atom stereocenters. The van der Waals surface area contributed by atoms with Crippen LogP contribution in [0.5, 0.6) is 5.75 Å². The van der Waals surface area contributed by atoms with Gasteiger partial charge in [0.1, 0.15) is 5.75 Å². The highest BCUT2D eigenvalue weighted by Gasteiger charge is 2.26. The molecule has 3 rings (SSSR count). The summed E-state index contributed by atoms with van der Waals surface area (Å²) in [6.07, 6.45) is 8.78. The number of Topliss-reactive ketones (excluding diaryl/α,β-unsaturated/α-hetero) is 1. The maximum Gasteiger partial charge on any atom is 0.171 e. The molecule has 2 aromatic rings. The standard InChI is InChI=1S/C15H19N3O2/c1-2-20-14-11(8-16-15-12(14)9-17-18-15)13(19)10-6-4-3-5-7-10/h8-10H,2-7H2,1H3,(H,16,17,18). The zero-order valence-electron chi connectivity index (χ0n) is 11.7. The second-order valence-corrected chi connectivity index (χ2v) is 5.27. The molecule has 0 saturated heterocycles. The number of ketones is 1. The Labute approximate surface area is 117 Å². The van der Waals surface area contributed by atoms with Gasteiger partial charge in [-0.05, 0) is 19.8 Å². The van der Waals surface area contributed by atoms with Crippen molar-refractivity contribution in [2.45, 2.75) is 39.0 Å². The number of pyridine rings is 1. The van der Waals surface area contributed by atoms with E-state index in [0.29, 0.717) is 23.6 Å². The molecule has 1 N–H and O–H groups in total. The van der Waals surface area contributed by atoms with Gasteiger partial charge in [-0.15, -0.1) is 0 Å². The lowest BCUT2D eigenvalue weighted by molar-refractivity contribution is 0.0885. The average Bonchev–Trinajstić information content (AvgIpc) is 2.97. The van der Waals surface area contributed by atoms with E-state index in [4.69, 9.17) is 4.74 Å². The molecule has 0 atom stereocenters. The predicted molar refractivity (Wildman–Crippen MR) is 76.0 cm³/mol. The molecule has 1 aliphatic carbocycles. The summed E-state index contributed by atoms with van der Waals surface area (Å²) in [5, 5.41) is 7.58. The first-order chi connectivity index (χ1) is 9.81. The number of fused-ring (bicyclic) bond motifs is 1. The highest BCUT2D eigenvalue weighted by atomic mass is 16.5. The largest absolute Gasteiger partial charge is 0.492 e. The van der Waals surface area contributed by atoms with Crippen molar-refractivity contribution in [2.75, 3.05) is 6.61 Å². The van der Waals surface area contributed by atoms with E-state index in [1.165, 1.54) is 6.42 Å². The molecule has 0 aromatic carbocycles. The lowest BCUT2D eigenvalue weighted by Gasteiger charge is -2.21. The molecular formula is C15H19N3O2. The van der Waals surface area contributed by atoms with Gasteiger partial charge in [-0.2, -0.15) is 5.10 Å². The molecule has 0 radical (unpaired) electrons. The van der Waals surface area contributed by atoms with Gasteiger partial charge in [-0.25, -0.2) is 4.98 Å². The highest BCUT2D eigenvalue weighted by Crippen LogP contribution is 2.33. The first-order valence-electron chi connectivity index (χ1n) is 7.30. The van der Waals surface area contributed by atoms with Crippen molar-refractivity contribution in [3.63, 3.8) is 0 Å². The number of aromatic amines is 1. The number of nitrogens with one attached hydrogen (secondary N) is 1. The first-order valence-corrected chi connectivity index (χ1v) is 7.30. The summed E-state index contributed by atoms with van der Waals surface area (Å²) in [5.41, 5.74) is 1.27. The molecule has 5 nitrogen and oxygen atoms in total. The molecule has 5 heteroatoms. The molecular weight excluding hydrogens is 254 g/mol. The highest BCUT2D eigenvalue weighted by molar-refractivity contribution is 6.04. The van der Waals surface area contributed by atoms with E-state index in [9.17, 15) is 4.79 Å². The fraction of sp³-hybridized carbons (Fsp3) is 0.533. The second-order valence-electron chi connectivity index (χ2n) is 5.27. The molecule has 1 saturated carbocycles. The number of hydrogen-bond acceptors (Lipinski definition) is 4. The third kappa shape index (κ3) is 2.28. The first kappa shape index (κ1) is 13.1. The maximum atomic E-state index is 12.7. The van der Waals surface area contributed by atoms with Crippen molar-refractivity contribution in [2.24, 2.45) is 5.92 Å². The molecule has 0 amide bonds. The lowest BCUT2D eigenvalue weighted by atomic mass is 9.84. The Bertz CT molecular complexity index is 615. The number of nitrogens with zero attached hydrogens (tertiary/aromatic N) is 2. The van der Waals surface area contributed by atoms with E-state index in [-0.39, 0.29) is 11.7 Å². The van der Waals surface area contributed by atoms with Gasteiger partial charge in [0.25, 0.3) is 0 Å². The third-order valence-electron chi connectivity index (χ3n) is 3.96. The number of carbonyl (C=O) groups excluding carboxylic acids is 1. The molecule has 0 spiro atoms. The van der Waals surface area contributed by atoms with Gasteiger partial charge in [0.05, 0.1) is 23.8 Å². The van der Waals surface area contributed by atoms with Crippen molar-refractivity contribution < 1.29 is 9.53 Å². The summed E-state index contributed by atoms with van der Waals surface area (Å²) < 4.78 is 5.70. The van der Waals surface area contributed by atoms with Crippen LogP contribution >= 0.6 is 0 Å². The van der Waals surface area contributed by atoms with E-state index in [0.717, 1.165) is 31.1 Å². The summed E-state index contributed by atoms with van der Waals surface area (Å²) in [7, 11) is 0. The summed E-state index contributed by atoms with van der Waals surface area (Å²) in [6, 6.07) is 0. The summed E-state index contributed by atoms with van der Waals surface area (Å²) in [6.45, 7) is 2.44. The molecule has 106 valence electrons. The minimum absolute atomic E-state index is 0.120. The second kappa shape index (κ2) is 5.61. The van der Waals surface area contributed by atoms with Gasteiger partial charge in [0.15, 0.2) is 11.4 Å². The summed E-state index contributed by atoms with van der Waals surface area (Å²) in [5.74, 6) is 0.916. The van der Waals surface area contributed by atoms with Gasteiger partial charge >= 0.3 is 0 Å². The Balaban J connectivity index is 2.00. The monoisotopic (exact) mass is 273 g/mol. The van der Waals surface area contributed by atoms with Crippen LogP contribution in [0.3, 0.4) is 0 Å². The van der Waals surface area contributed by atoms with Crippen LogP contribution in [0, 0.1) is 5.92 Å². The van der Waals surface area contributed by atoms with Crippen LogP contribution in [0.25, 0.3) is 11.0 Å². The zero-order valence-corrected chi connectivity index (χ0v) is 11.7. The minimum Gasteiger partial charge on any atom is -0.492 e. The van der Waals surface area contributed by atoms with E-state index in [1.54, 1.807) is 12.4 Å². The molecule has 1 fully saturated rings. The summed E-state index contributed by atoms with van der Waals surface area (Å²) in [4.78, 5) is 17.0. The van der Waals surface area contributed by atoms with Gasteiger partial charge in [-0.1, -0.05) is 19.3 Å². The SMILES string of the molecule is CCOc1c(C(=O)C2CCCCC2)cnc2[nH]ncc12. The fourth-order valence-corrected chi connectivity index (χ4v) is 2.94. The predicted octanol–water partition coefficient (Wildman–Crippen LogP) is 3.12. The Morgan fingerprint density at radius 1 is 1.35 bits per heavy atom. The Morgan fingerprint density at radius 2 is 2.15 bits per heavy atom. The number of ether oxygens (including phenoxy) is 1. The molecule has 0 bridgehead atoms. The Kier molecular flexibility index (Phi) is 3.67. The van der Waals surface area contributed by atoms with Gasteiger partial charge in [0, 0.05) is 12.1 Å². The molecule has 20 heavy (non-hydrogen) atoms. The third-order valence-corrected chi connectivity index (χ3v) is 3.96. The van der Waals surface area contributed by atoms with Crippen molar-refractivity contribution in [1.29, 1.82) is 0 Å². The Morgan fingerprint density at radius 3 is 2.90 bits per heavy atom. The summed E-state index contributed by atoms with van der Waals surface area (Å²) >= 11 is 0. The smallest absolute Gasteiger partial charge is 0.171 e. The van der Waals surface area contributed by atoms with Gasteiger partial charge in [0.2, 0.25) is 0 Å². The van der Waals surface area contributed by atoms with Crippen LogP contribution < -0.4 is 4.74 Å². The molecule has 0 aliphatic heterocycles. The number of rotatable bonds is 4. The van der Waals surface area contributed by atoms with Crippen molar-refractivity contribution in [3.05, 3.63) is 18.0 Å². The zero-order chi connectivity index (χ0) is 13.9. The molecule has 2 heterocycles. The minimum atomic E-state index is 0.120. The number of carbonyl (C=O) groups is 1.